The lowest BCUT2D eigenvalue weighted by atomic mass is 10.3. The fraction of sp³-hybridized carbons (Fsp3) is 0.722. The first-order valence-electron chi connectivity index (χ1n) is 9.24. The van der Waals surface area contributed by atoms with E-state index in [1.807, 2.05) is 6.92 Å². The van der Waals surface area contributed by atoms with Crippen LogP contribution in [-0.2, 0) is 9.59 Å². The number of likely N-dealkylation sites (N-methyl/N-ethyl adjacent to an activating group) is 1. The average Bonchev–Trinajstić information content (AvgIpc) is 3.39. The maximum absolute atomic E-state index is 11.9. The van der Waals surface area contributed by atoms with Gasteiger partial charge in [-0.3, -0.25) is 14.5 Å². The number of hydrogen-bond donors (Lipinski definition) is 2. The first kappa shape index (κ1) is 20.2. The number of carbonyl (C=O) groups is 2. The van der Waals surface area contributed by atoms with Gasteiger partial charge < -0.3 is 20.4 Å². The quantitative estimate of drug-likeness (QED) is 0.361. The fourth-order valence-corrected chi connectivity index (χ4v) is 2.60. The van der Waals surface area contributed by atoms with Crippen LogP contribution in [0.15, 0.2) is 17.1 Å². The molecule has 26 heavy (non-hydrogen) atoms. The molecule has 0 aromatic heterocycles. The minimum Gasteiger partial charge on any atom is -0.353 e. The van der Waals surface area contributed by atoms with Crippen LogP contribution in [0.25, 0.3) is 0 Å². The monoisotopic (exact) mass is 364 g/mol. The lowest BCUT2D eigenvalue weighted by molar-refractivity contribution is -0.127. The summed E-state index contributed by atoms with van der Waals surface area (Å²) < 4.78 is 0. The lowest BCUT2D eigenvalue weighted by Gasteiger charge is -2.36. The number of carbonyl (C=O) groups excluding carboxylic acids is 2. The van der Waals surface area contributed by atoms with E-state index in [9.17, 15) is 9.59 Å². The molecule has 1 aliphatic carbocycles. The maximum atomic E-state index is 11.9. The molecule has 2 fully saturated rings. The van der Waals surface area contributed by atoms with Gasteiger partial charge in [0.1, 0.15) is 6.54 Å². The van der Waals surface area contributed by atoms with Crippen molar-refractivity contribution in [2.24, 2.45) is 4.99 Å². The second-order valence-electron chi connectivity index (χ2n) is 7.34. The first-order valence-corrected chi connectivity index (χ1v) is 9.24. The van der Waals surface area contributed by atoms with Crippen LogP contribution in [-0.4, -0.2) is 98.4 Å². The van der Waals surface area contributed by atoms with Gasteiger partial charge in [0.15, 0.2) is 5.96 Å². The standard InChI is InChI=1S/C18H32N6O2/c1-14(2)11-19-18(20-12-17(26)22(3)4)24-9-7-23(8-10-24)13-16(25)21-15-5-6-15/h15H,1,5-13H2,2-4H3,(H,19,20)(H,21,25). The number of nitrogens with one attached hydrogen (secondary N) is 2. The molecule has 2 aliphatic rings. The molecule has 8 heteroatoms. The Morgan fingerprint density at radius 2 is 1.85 bits per heavy atom. The Kier molecular flexibility index (Phi) is 7.44. The van der Waals surface area contributed by atoms with Crippen LogP contribution in [0.2, 0.25) is 0 Å². The molecule has 146 valence electrons. The summed E-state index contributed by atoms with van der Waals surface area (Å²) in [4.78, 5) is 34.1. The van der Waals surface area contributed by atoms with Gasteiger partial charge in [-0.2, -0.15) is 0 Å². The SMILES string of the molecule is C=C(C)CNC(=NCC(=O)N(C)C)N1CCN(CC(=O)NC2CC2)CC1. The smallest absolute Gasteiger partial charge is 0.243 e. The third-order valence-electron chi connectivity index (χ3n) is 4.39. The third-order valence-corrected chi connectivity index (χ3v) is 4.39. The number of guanidine groups is 1. The molecule has 1 saturated carbocycles. The zero-order chi connectivity index (χ0) is 19.1. The number of piperazine rings is 1. The Morgan fingerprint density at radius 1 is 1.19 bits per heavy atom. The zero-order valence-corrected chi connectivity index (χ0v) is 16.3. The van der Waals surface area contributed by atoms with Crippen LogP contribution < -0.4 is 10.6 Å². The van der Waals surface area contributed by atoms with Crippen LogP contribution >= 0.6 is 0 Å². The van der Waals surface area contributed by atoms with Gasteiger partial charge in [0.05, 0.1) is 6.54 Å². The fourth-order valence-electron chi connectivity index (χ4n) is 2.60. The van der Waals surface area contributed by atoms with Gasteiger partial charge in [-0.15, -0.1) is 0 Å². The Hall–Kier alpha value is -2.09. The van der Waals surface area contributed by atoms with E-state index >= 15 is 0 Å². The van der Waals surface area contributed by atoms with Gasteiger partial charge in [0.2, 0.25) is 11.8 Å². The highest BCUT2D eigenvalue weighted by Gasteiger charge is 2.26. The van der Waals surface area contributed by atoms with Crippen LogP contribution in [0.4, 0.5) is 0 Å². The molecule has 0 bridgehead atoms. The van der Waals surface area contributed by atoms with E-state index in [4.69, 9.17) is 0 Å². The summed E-state index contributed by atoms with van der Waals surface area (Å²) in [5, 5.41) is 6.31. The summed E-state index contributed by atoms with van der Waals surface area (Å²) >= 11 is 0. The van der Waals surface area contributed by atoms with Crippen molar-refractivity contribution in [3.05, 3.63) is 12.2 Å². The average molecular weight is 364 g/mol. The Balaban J connectivity index is 1.85. The second kappa shape index (κ2) is 9.56. The van der Waals surface area contributed by atoms with E-state index in [1.54, 1.807) is 14.1 Å². The van der Waals surface area contributed by atoms with Gasteiger partial charge in [0, 0.05) is 52.9 Å². The molecular formula is C18H32N6O2. The normalized spacial score (nSPS) is 18.4. The molecule has 0 spiro atoms. The molecule has 1 heterocycles. The van der Waals surface area contributed by atoms with Crippen LogP contribution in [0.5, 0.6) is 0 Å². The summed E-state index contributed by atoms with van der Waals surface area (Å²) in [7, 11) is 3.45. The van der Waals surface area contributed by atoms with Gasteiger partial charge >= 0.3 is 0 Å². The van der Waals surface area contributed by atoms with Crippen molar-refractivity contribution in [1.29, 1.82) is 0 Å². The highest BCUT2D eigenvalue weighted by Crippen LogP contribution is 2.18. The van der Waals surface area contributed by atoms with E-state index in [-0.39, 0.29) is 18.4 Å². The molecule has 0 aromatic rings. The molecular weight excluding hydrogens is 332 g/mol. The van der Waals surface area contributed by atoms with Crippen molar-refractivity contribution in [2.45, 2.75) is 25.8 Å². The molecule has 2 amide bonds. The zero-order valence-electron chi connectivity index (χ0n) is 16.3. The predicted molar refractivity (Wildman–Crippen MR) is 103 cm³/mol. The summed E-state index contributed by atoms with van der Waals surface area (Å²) in [6, 6.07) is 0.406. The van der Waals surface area contributed by atoms with Crippen molar-refractivity contribution < 1.29 is 9.59 Å². The highest BCUT2D eigenvalue weighted by molar-refractivity contribution is 5.85. The third kappa shape index (κ3) is 7.03. The van der Waals surface area contributed by atoms with E-state index in [0.29, 0.717) is 19.1 Å². The molecule has 2 rings (SSSR count). The number of nitrogens with zero attached hydrogens (tertiary/aromatic N) is 4. The van der Waals surface area contributed by atoms with Gasteiger partial charge in [0.25, 0.3) is 0 Å². The van der Waals surface area contributed by atoms with E-state index < -0.39 is 0 Å². The van der Waals surface area contributed by atoms with Crippen LogP contribution in [0, 0.1) is 0 Å². The van der Waals surface area contributed by atoms with Crippen molar-refractivity contribution in [1.82, 2.24) is 25.3 Å². The van der Waals surface area contributed by atoms with Crippen LogP contribution in [0.3, 0.4) is 0 Å². The largest absolute Gasteiger partial charge is 0.353 e. The number of hydrogen-bond acceptors (Lipinski definition) is 4. The predicted octanol–water partition coefficient (Wildman–Crippen LogP) is -0.507. The molecule has 2 N–H and O–H groups in total. The maximum Gasteiger partial charge on any atom is 0.243 e. The first-order chi connectivity index (χ1) is 12.3. The molecule has 8 nitrogen and oxygen atoms in total. The molecule has 0 radical (unpaired) electrons. The number of rotatable bonds is 7. The van der Waals surface area contributed by atoms with Gasteiger partial charge in [-0.25, -0.2) is 4.99 Å². The number of amides is 2. The van der Waals surface area contributed by atoms with Gasteiger partial charge in [-0.05, 0) is 19.8 Å². The second-order valence-corrected chi connectivity index (χ2v) is 7.34. The number of aliphatic imine (C=N–C) groups is 1. The highest BCUT2D eigenvalue weighted by atomic mass is 16.2. The summed E-state index contributed by atoms with van der Waals surface area (Å²) in [5.74, 6) is 0.812. The Morgan fingerprint density at radius 3 is 2.38 bits per heavy atom. The minimum atomic E-state index is -0.0324. The van der Waals surface area contributed by atoms with Crippen molar-refractivity contribution in [3.63, 3.8) is 0 Å². The van der Waals surface area contributed by atoms with E-state index in [2.05, 4.69) is 32.0 Å². The lowest BCUT2D eigenvalue weighted by Crippen LogP contribution is -2.54. The molecule has 0 aromatic carbocycles. The Labute approximate surface area is 156 Å². The molecule has 1 aliphatic heterocycles. The van der Waals surface area contributed by atoms with Crippen molar-refractivity contribution >= 4 is 17.8 Å². The summed E-state index contributed by atoms with van der Waals surface area (Å²) in [6.45, 7) is 10.2. The molecule has 0 atom stereocenters. The van der Waals surface area contributed by atoms with Crippen LogP contribution in [0.1, 0.15) is 19.8 Å². The minimum absolute atomic E-state index is 0.0324. The topological polar surface area (TPSA) is 80.3 Å². The van der Waals surface area contributed by atoms with Crippen molar-refractivity contribution in [3.8, 4) is 0 Å². The molecule has 1 saturated heterocycles. The van der Waals surface area contributed by atoms with Crippen molar-refractivity contribution in [2.75, 3.05) is 59.9 Å². The van der Waals surface area contributed by atoms with E-state index in [0.717, 1.165) is 50.6 Å². The molecule has 0 unspecified atom stereocenters. The summed E-state index contributed by atoms with van der Waals surface area (Å²) in [5.41, 5.74) is 1.01. The Bertz CT molecular complexity index is 548. The van der Waals surface area contributed by atoms with Gasteiger partial charge in [-0.1, -0.05) is 12.2 Å². The summed E-state index contributed by atoms with van der Waals surface area (Å²) in [6.07, 6.45) is 2.22. The van der Waals surface area contributed by atoms with E-state index in [1.165, 1.54) is 4.90 Å².